The number of hydrogen-bond acceptors (Lipinski definition) is 3. The Kier molecular flexibility index (Phi) is 5.29. The summed E-state index contributed by atoms with van der Waals surface area (Å²) in [6, 6.07) is 7.78. The Morgan fingerprint density at radius 1 is 1.25 bits per heavy atom. The average molecular weight is 420 g/mol. The number of benzene rings is 1. The van der Waals surface area contributed by atoms with Crippen LogP contribution in [-0.4, -0.2) is 19.1 Å². The first-order chi connectivity index (χ1) is 9.47. The zero-order chi connectivity index (χ0) is 14.7. The zero-order valence-corrected chi connectivity index (χ0v) is 15.1. The number of anilines is 2. The van der Waals surface area contributed by atoms with Crippen LogP contribution in [0.15, 0.2) is 39.4 Å². The van der Waals surface area contributed by atoms with Gasteiger partial charge in [-0.05, 0) is 56.1 Å². The molecule has 2 aromatic rings. The van der Waals surface area contributed by atoms with Crippen LogP contribution < -0.4 is 10.2 Å². The molecule has 106 valence electrons. The van der Waals surface area contributed by atoms with Crippen LogP contribution in [-0.2, 0) is 6.54 Å². The Morgan fingerprint density at radius 2 is 2.00 bits per heavy atom. The molecule has 0 radical (unpaired) electrons. The summed E-state index contributed by atoms with van der Waals surface area (Å²) in [4.78, 5) is 6.43. The van der Waals surface area contributed by atoms with E-state index in [-0.39, 0.29) is 0 Å². The molecule has 0 saturated carbocycles. The minimum Gasteiger partial charge on any atom is -0.378 e. The third kappa shape index (κ3) is 3.87. The van der Waals surface area contributed by atoms with Crippen LogP contribution in [0, 0.1) is 0 Å². The molecule has 0 aliphatic heterocycles. The molecule has 0 spiro atoms. The molecule has 0 aliphatic carbocycles. The molecule has 2 rings (SSSR count). The summed E-state index contributed by atoms with van der Waals surface area (Å²) in [6.45, 7) is 0.620. The normalized spacial score (nSPS) is 10.4. The van der Waals surface area contributed by atoms with Crippen molar-refractivity contribution in [2.24, 2.45) is 0 Å². The molecule has 0 saturated heterocycles. The first-order valence-corrected chi connectivity index (χ1v) is 7.94. The highest BCUT2D eigenvalue weighted by Crippen LogP contribution is 2.29. The first-order valence-electron chi connectivity index (χ1n) is 5.98. The molecule has 0 fully saturated rings. The van der Waals surface area contributed by atoms with E-state index in [1.807, 2.05) is 43.3 Å². The van der Waals surface area contributed by atoms with Gasteiger partial charge >= 0.3 is 0 Å². The van der Waals surface area contributed by atoms with Crippen molar-refractivity contribution in [1.82, 2.24) is 4.98 Å². The van der Waals surface area contributed by atoms with Gasteiger partial charge in [0.2, 0.25) is 0 Å². The van der Waals surface area contributed by atoms with Gasteiger partial charge < -0.3 is 10.2 Å². The number of rotatable bonds is 4. The van der Waals surface area contributed by atoms with E-state index < -0.39 is 0 Å². The maximum atomic E-state index is 6.07. The van der Waals surface area contributed by atoms with Crippen LogP contribution >= 0.6 is 43.5 Å². The minimum atomic E-state index is 0.620. The zero-order valence-electron chi connectivity index (χ0n) is 11.1. The van der Waals surface area contributed by atoms with E-state index in [9.17, 15) is 0 Å². The number of aromatic nitrogens is 1. The average Bonchev–Trinajstić information content (AvgIpc) is 2.37. The predicted octanol–water partition coefficient (Wildman–Crippen LogP) is 4.94. The number of nitrogens with one attached hydrogen (secondary N) is 1. The summed E-state index contributed by atoms with van der Waals surface area (Å²) >= 11 is 13.0. The lowest BCUT2D eigenvalue weighted by molar-refractivity contribution is 1.02. The summed E-state index contributed by atoms with van der Waals surface area (Å²) in [5, 5.41) is 4.09. The van der Waals surface area contributed by atoms with Crippen molar-refractivity contribution in [1.29, 1.82) is 0 Å². The Morgan fingerprint density at radius 3 is 2.65 bits per heavy atom. The Bertz CT molecular complexity index is 617. The fourth-order valence-corrected chi connectivity index (χ4v) is 3.09. The summed E-state index contributed by atoms with van der Waals surface area (Å²) in [6.07, 6.45) is 1.78. The molecule has 0 amide bonds. The second kappa shape index (κ2) is 6.78. The summed E-state index contributed by atoms with van der Waals surface area (Å²) < 4.78 is 1.91. The van der Waals surface area contributed by atoms with Crippen molar-refractivity contribution >= 4 is 54.8 Å². The van der Waals surface area contributed by atoms with Crippen molar-refractivity contribution in [3.05, 3.63) is 50.1 Å². The van der Waals surface area contributed by atoms with Crippen LogP contribution in [0.4, 0.5) is 11.4 Å². The molecular formula is C14H14Br2ClN3. The molecule has 1 N–H and O–H groups in total. The molecule has 1 aromatic carbocycles. The monoisotopic (exact) mass is 417 g/mol. The standard InChI is InChI=1S/C14H14Br2ClN3/c1-20(2)14-4-3-10(17)6-12(14)19-8-13-11(16)5-9(15)7-18-13/h3-7,19H,8H2,1-2H3. The van der Waals surface area contributed by atoms with Crippen molar-refractivity contribution < 1.29 is 0 Å². The van der Waals surface area contributed by atoms with Crippen molar-refractivity contribution in [2.75, 3.05) is 24.3 Å². The SMILES string of the molecule is CN(C)c1ccc(Cl)cc1NCc1ncc(Br)cc1Br. The number of hydrogen-bond donors (Lipinski definition) is 1. The maximum absolute atomic E-state index is 6.07. The number of pyridine rings is 1. The van der Waals surface area contributed by atoms with Crippen LogP contribution in [0.1, 0.15) is 5.69 Å². The van der Waals surface area contributed by atoms with Gasteiger partial charge in [0, 0.05) is 34.3 Å². The molecule has 0 aliphatic rings. The van der Waals surface area contributed by atoms with Gasteiger partial charge in [0.25, 0.3) is 0 Å². The van der Waals surface area contributed by atoms with Crippen LogP contribution in [0.25, 0.3) is 0 Å². The van der Waals surface area contributed by atoms with Crippen LogP contribution in [0.5, 0.6) is 0 Å². The van der Waals surface area contributed by atoms with E-state index in [1.165, 1.54) is 0 Å². The lowest BCUT2D eigenvalue weighted by atomic mass is 10.2. The molecule has 6 heteroatoms. The van der Waals surface area contributed by atoms with Gasteiger partial charge in [-0.2, -0.15) is 0 Å². The summed E-state index contributed by atoms with van der Waals surface area (Å²) in [7, 11) is 4.00. The molecule has 0 unspecified atom stereocenters. The molecule has 3 nitrogen and oxygen atoms in total. The maximum Gasteiger partial charge on any atom is 0.0737 e. The highest BCUT2D eigenvalue weighted by molar-refractivity contribution is 9.11. The lowest BCUT2D eigenvalue weighted by Crippen LogP contribution is -2.12. The molecule has 1 heterocycles. The van der Waals surface area contributed by atoms with Gasteiger partial charge in [-0.15, -0.1) is 0 Å². The second-order valence-electron chi connectivity index (χ2n) is 4.49. The molecule has 0 atom stereocenters. The number of nitrogens with zero attached hydrogens (tertiary/aromatic N) is 2. The third-order valence-corrected chi connectivity index (χ3v) is 4.13. The second-order valence-corrected chi connectivity index (χ2v) is 6.70. The van der Waals surface area contributed by atoms with Crippen LogP contribution in [0.2, 0.25) is 5.02 Å². The van der Waals surface area contributed by atoms with E-state index in [4.69, 9.17) is 11.6 Å². The topological polar surface area (TPSA) is 28.2 Å². The van der Waals surface area contributed by atoms with Crippen molar-refractivity contribution in [3.8, 4) is 0 Å². The van der Waals surface area contributed by atoms with Crippen molar-refractivity contribution in [2.45, 2.75) is 6.54 Å². The van der Waals surface area contributed by atoms with E-state index >= 15 is 0 Å². The van der Waals surface area contributed by atoms with Gasteiger partial charge in [0.1, 0.15) is 0 Å². The largest absolute Gasteiger partial charge is 0.378 e. The van der Waals surface area contributed by atoms with Gasteiger partial charge in [-0.25, -0.2) is 0 Å². The van der Waals surface area contributed by atoms with Crippen molar-refractivity contribution in [3.63, 3.8) is 0 Å². The quantitative estimate of drug-likeness (QED) is 0.761. The Balaban J connectivity index is 2.20. The smallest absolute Gasteiger partial charge is 0.0737 e. The van der Waals surface area contributed by atoms with Gasteiger partial charge in [0.15, 0.2) is 0 Å². The molecule has 0 bridgehead atoms. The van der Waals surface area contributed by atoms with Gasteiger partial charge in [-0.1, -0.05) is 11.6 Å². The lowest BCUT2D eigenvalue weighted by Gasteiger charge is -2.19. The first kappa shape index (κ1) is 15.6. The molecule has 1 aromatic heterocycles. The molecule has 20 heavy (non-hydrogen) atoms. The van der Waals surface area contributed by atoms with E-state index in [1.54, 1.807) is 6.20 Å². The fourth-order valence-electron chi connectivity index (χ4n) is 1.79. The number of halogens is 3. The summed E-state index contributed by atoms with van der Waals surface area (Å²) in [5.74, 6) is 0. The third-order valence-electron chi connectivity index (χ3n) is 2.77. The highest BCUT2D eigenvalue weighted by atomic mass is 79.9. The summed E-state index contributed by atoms with van der Waals surface area (Å²) in [5.41, 5.74) is 3.01. The van der Waals surface area contributed by atoms with Crippen LogP contribution in [0.3, 0.4) is 0 Å². The minimum absolute atomic E-state index is 0.620. The Labute approximate surface area is 140 Å². The van der Waals surface area contributed by atoms with Gasteiger partial charge in [0.05, 0.1) is 23.6 Å². The predicted molar refractivity (Wildman–Crippen MR) is 92.7 cm³/mol. The van der Waals surface area contributed by atoms with E-state index in [0.717, 1.165) is 26.0 Å². The van der Waals surface area contributed by atoms with E-state index in [0.29, 0.717) is 11.6 Å². The van der Waals surface area contributed by atoms with Gasteiger partial charge in [-0.3, -0.25) is 4.98 Å². The fraction of sp³-hybridized carbons (Fsp3) is 0.214. The highest BCUT2D eigenvalue weighted by Gasteiger charge is 2.07. The Hall–Kier alpha value is -0.780. The van der Waals surface area contributed by atoms with E-state index in [2.05, 4.69) is 42.2 Å². The molecular weight excluding hydrogens is 405 g/mol.